The lowest BCUT2D eigenvalue weighted by Gasteiger charge is -2.22. The third-order valence-corrected chi connectivity index (χ3v) is 4.67. The van der Waals surface area contributed by atoms with Crippen molar-refractivity contribution < 1.29 is 14.9 Å². The Morgan fingerprint density at radius 2 is 1.81 bits per heavy atom. The number of rotatable bonds is 7. The van der Waals surface area contributed by atoms with Gasteiger partial charge in [0, 0.05) is 23.3 Å². The molecule has 144 valence electrons. The lowest BCUT2D eigenvalue weighted by Crippen LogP contribution is -2.92. The monoisotopic (exact) mass is 388 g/mol. The minimum absolute atomic E-state index is 0.0104. The number of benzene rings is 2. The molecule has 2 atom stereocenters. The van der Waals surface area contributed by atoms with Crippen molar-refractivity contribution in [3.05, 3.63) is 64.7 Å². The van der Waals surface area contributed by atoms with Crippen molar-refractivity contribution in [1.29, 1.82) is 0 Å². The number of nitrogens with one attached hydrogen (secondary N) is 1. The maximum absolute atomic E-state index is 12.6. The van der Waals surface area contributed by atoms with Crippen LogP contribution in [-0.2, 0) is 9.59 Å². The van der Waals surface area contributed by atoms with E-state index in [1.165, 1.54) is 4.90 Å². The van der Waals surface area contributed by atoms with Crippen LogP contribution in [0, 0.1) is 6.92 Å². The Morgan fingerprint density at radius 1 is 1.15 bits per heavy atom. The number of nitrogens with two attached hydrogens (primary N) is 1. The highest BCUT2D eigenvalue weighted by Crippen LogP contribution is 2.15. The van der Waals surface area contributed by atoms with Crippen molar-refractivity contribution in [1.82, 2.24) is 4.90 Å². The van der Waals surface area contributed by atoms with E-state index in [4.69, 9.17) is 11.6 Å². The van der Waals surface area contributed by atoms with Crippen molar-refractivity contribution in [2.24, 2.45) is 0 Å². The first-order valence-electron chi connectivity index (χ1n) is 8.98. The topological polar surface area (TPSA) is 66.0 Å². The fourth-order valence-electron chi connectivity index (χ4n) is 2.89. The van der Waals surface area contributed by atoms with E-state index in [-0.39, 0.29) is 30.4 Å². The van der Waals surface area contributed by atoms with Gasteiger partial charge in [0.15, 0.2) is 6.04 Å². The lowest BCUT2D eigenvalue weighted by molar-refractivity contribution is -0.710. The predicted octanol–water partition coefficient (Wildman–Crippen LogP) is 2.76. The van der Waals surface area contributed by atoms with Crippen molar-refractivity contribution >= 4 is 29.1 Å². The molecule has 0 aromatic heterocycles. The summed E-state index contributed by atoms with van der Waals surface area (Å²) in [5.41, 5.74) is 2.90. The standard InChI is InChI=1S/C21H26ClN3O2/c1-14-8-10-19(11-9-14)24-20(26)13-25(4)21(27)16(3)23-15(2)17-6-5-7-18(22)12-17/h5-12,15-16,23H,13H2,1-4H3,(H,24,26)/p+1/t15-,16-/m1/s1. The summed E-state index contributed by atoms with van der Waals surface area (Å²) in [6.07, 6.45) is 0. The van der Waals surface area contributed by atoms with E-state index >= 15 is 0 Å². The molecule has 27 heavy (non-hydrogen) atoms. The van der Waals surface area contributed by atoms with Gasteiger partial charge in [0.2, 0.25) is 5.91 Å². The summed E-state index contributed by atoms with van der Waals surface area (Å²) in [6, 6.07) is 14.9. The SMILES string of the molecule is Cc1ccc(NC(=O)CN(C)C(=O)[C@@H](C)[NH2+][C@H](C)c2cccc(Cl)c2)cc1. The van der Waals surface area contributed by atoms with Gasteiger partial charge in [0.25, 0.3) is 5.91 Å². The molecule has 0 aliphatic rings. The Morgan fingerprint density at radius 3 is 2.44 bits per heavy atom. The molecule has 2 aromatic rings. The molecule has 0 radical (unpaired) electrons. The van der Waals surface area contributed by atoms with Crippen LogP contribution in [0.3, 0.4) is 0 Å². The van der Waals surface area contributed by atoms with Gasteiger partial charge in [-0.05, 0) is 45.0 Å². The number of anilines is 1. The second kappa shape index (κ2) is 9.53. The number of carbonyl (C=O) groups is 2. The molecule has 2 amide bonds. The zero-order chi connectivity index (χ0) is 20.0. The molecule has 0 bridgehead atoms. The van der Waals surface area contributed by atoms with Crippen LogP contribution in [0.4, 0.5) is 5.69 Å². The Kier molecular flexibility index (Phi) is 7.39. The van der Waals surface area contributed by atoms with E-state index < -0.39 is 0 Å². The number of amides is 2. The van der Waals surface area contributed by atoms with E-state index in [0.717, 1.165) is 16.8 Å². The quantitative estimate of drug-likeness (QED) is 0.765. The van der Waals surface area contributed by atoms with Crippen LogP contribution in [0.25, 0.3) is 0 Å². The van der Waals surface area contributed by atoms with Crippen molar-refractivity contribution in [3.8, 4) is 0 Å². The molecule has 0 saturated carbocycles. The average molecular weight is 389 g/mol. The molecule has 2 aromatic carbocycles. The fourth-order valence-corrected chi connectivity index (χ4v) is 3.09. The molecule has 0 aliphatic carbocycles. The molecular weight excluding hydrogens is 362 g/mol. The highest BCUT2D eigenvalue weighted by molar-refractivity contribution is 6.30. The summed E-state index contributed by atoms with van der Waals surface area (Å²) < 4.78 is 0. The zero-order valence-corrected chi connectivity index (χ0v) is 17.0. The van der Waals surface area contributed by atoms with Gasteiger partial charge >= 0.3 is 0 Å². The zero-order valence-electron chi connectivity index (χ0n) is 16.2. The molecule has 0 fully saturated rings. The third kappa shape index (κ3) is 6.38. The molecule has 5 nitrogen and oxygen atoms in total. The molecule has 0 aliphatic heterocycles. The summed E-state index contributed by atoms with van der Waals surface area (Å²) in [6.45, 7) is 5.87. The van der Waals surface area contributed by atoms with Gasteiger partial charge in [-0.25, -0.2) is 0 Å². The minimum atomic E-state index is -0.309. The number of quaternary nitrogens is 1. The Labute approximate surface area is 165 Å². The molecule has 0 saturated heterocycles. The first-order valence-corrected chi connectivity index (χ1v) is 9.36. The van der Waals surface area contributed by atoms with Gasteiger partial charge < -0.3 is 15.5 Å². The van der Waals surface area contributed by atoms with E-state index in [9.17, 15) is 9.59 Å². The Hall–Kier alpha value is -2.37. The second-order valence-corrected chi connectivity index (χ2v) is 7.37. The van der Waals surface area contributed by atoms with Crippen LogP contribution in [0.5, 0.6) is 0 Å². The molecular formula is C21H27ClN3O2+. The van der Waals surface area contributed by atoms with E-state index in [2.05, 4.69) is 5.32 Å². The highest BCUT2D eigenvalue weighted by atomic mass is 35.5. The van der Waals surface area contributed by atoms with Gasteiger partial charge in [-0.3, -0.25) is 9.59 Å². The maximum Gasteiger partial charge on any atom is 0.280 e. The fraction of sp³-hybridized carbons (Fsp3) is 0.333. The molecule has 0 spiro atoms. The number of nitrogens with zero attached hydrogens (tertiary/aromatic N) is 1. The lowest BCUT2D eigenvalue weighted by atomic mass is 10.1. The van der Waals surface area contributed by atoms with Crippen LogP contribution >= 0.6 is 11.6 Å². The van der Waals surface area contributed by atoms with Crippen LogP contribution in [-0.4, -0.2) is 36.3 Å². The van der Waals surface area contributed by atoms with Crippen LogP contribution in [0.15, 0.2) is 48.5 Å². The van der Waals surface area contributed by atoms with E-state index in [1.807, 2.05) is 74.6 Å². The van der Waals surface area contributed by atoms with E-state index in [0.29, 0.717) is 5.02 Å². The molecule has 0 heterocycles. The van der Waals surface area contributed by atoms with Crippen molar-refractivity contribution in [3.63, 3.8) is 0 Å². The summed E-state index contributed by atoms with van der Waals surface area (Å²) in [4.78, 5) is 26.2. The number of hydrogen-bond acceptors (Lipinski definition) is 2. The molecule has 3 N–H and O–H groups in total. The van der Waals surface area contributed by atoms with Crippen LogP contribution < -0.4 is 10.6 Å². The number of halogens is 1. The third-order valence-electron chi connectivity index (χ3n) is 4.43. The van der Waals surface area contributed by atoms with Crippen LogP contribution in [0.1, 0.15) is 31.0 Å². The van der Waals surface area contributed by atoms with Crippen molar-refractivity contribution in [2.75, 3.05) is 18.9 Å². The van der Waals surface area contributed by atoms with Crippen LogP contribution in [0.2, 0.25) is 5.02 Å². The summed E-state index contributed by atoms with van der Waals surface area (Å²) in [7, 11) is 1.64. The molecule has 2 rings (SSSR count). The average Bonchev–Trinajstić information content (AvgIpc) is 2.62. The Balaban J connectivity index is 1.87. The van der Waals surface area contributed by atoms with Gasteiger partial charge in [-0.15, -0.1) is 0 Å². The number of likely N-dealkylation sites (N-methyl/N-ethyl adjacent to an activating group) is 1. The van der Waals surface area contributed by atoms with Gasteiger partial charge in [-0.1, -0.05) is 41.4 Å². The summed E-state index contributed by atoms with van der Waals surface area (Å²) >= 11 is 6.04. The number of carbonyl (C=O) groups excluding carboxylic acids is 2. The highest BCUT2D eigenvalue weighted by Gasteiger charge is 2.24. The normalized spacial score (nSPS) is 12.9. The number of hydrogen-bond donors (Lipinski definition) is 2. The minimum Gasteiger partial charge on any atom is -0.331 e. The maximum atomic E-state index is 12.6. The van der Waals surface area contributed by atoms with Gasteiger partial charge in [0.05, 0.1) is 6.54 Å². The van der Waals surface area contributed by atoms with E-state index in [1.54, 1.807) is 7.05 Å². The largest absolute Gasteiger partial charge is 0.331 e. The first-order chi connectivity index (χ1) is 12.8. The molecule has 6 heteroatoms. The second-order valence-electron chi connectivity index (χ2n) is 6.93. The summed E-state index contributed by atoms with van der Waals surface area (Å²) in [5, 5.41) is 5.46. The predicted molar refractivity (Wildman–Crippen MR) is 109 cm³/mol. The summed E-state index contributed by atoms with van der Waals surface area (Å²) in [5.74, 6) is -0.312. The van der Waals surface area contributed by atoms with Gasteiger partial charge in [-0.2, -0.15) is 0 Å². The number of aryl methyl sites for hydroxylation is 1. The Bertz CT molecular complexity index is 792. The first kappa shape index (κ1) is 20.9. The smallest absolute Gasteiger partial charge is 0.280 e. The molecule has 0 unspecified atom stereocenters. The van der Waals surface area contributed by atoms with Gasteiger partial charge in [0.1, 0.15) is 6.04 Å². The van der Waals surface area contributed by atoms with Crippen molar-refractivity contribution in [2.45, 2.75) is 32.9 Å².